The molecule has 0 saturated carbocycles. The van der Waals surface area contributed by atoms with Gasteiger partial charge in [-0.05, 0) is 29.7 Å². The zero-order chi connectivity index (χ0) is 16.1. The highest BCUT2D eigenvalue weighted by Gasteiger charge is 2.18. The van der Waals surface area contributed by atoms with E-state index in [-0.39, 0.29) is 0 Å². The third-order valence-corrected chi connectivity index (χ3v) is 4.65. The Bertz CT molecular complexity index is 694. The normalized spacial score (nSPS) is 16.2. The number of hydrogen-bond acceptors (Lipinski definition) is 3. The third kappa shape index (κ3) is 3.98. The summed E-state index contributed by atoms with van der Waals surface area (Å²) in [6.45, 7) is 8.39. The van der Waals surface area contributed by atoms with Crippen LogP contribution in [0.4, 0.5) is 0 Å². The summed E-state index contributed by atoms with van der Waals surface area (Å²) in [7, 11) is 0. The van der Waals surface area contributed by atoms with Crippen LogP contribution >= 0.6 is 0 Å². The minimum atomic E-state index is 0.801. The maximum atomic E-state index is 9.20. The molecule has 0 spiro atoms. The maximum absolute atomic E-state index is 9.20. The second-order valence-electron chi connectivity index (χ2n) is 6.25. The van der Waals surface area contributed by atoms with Gasteiger partial charge in [-0.25, -0.2) is 0 Å². The average molecular weight is 305 g/mol. The van der Waals surface area contributed by atoms with Crippen LogP contribution in [0.2, 0.25) is 0 Å². The maximum Gasteiger partial charge on any atom is 0.0995 e. The Labute approximate surface area is 138 Å². The standard InChI is InChI=1S/C20H23N3/c1-17-6-2-3-8-19(17)15-22-10-12-23(13-11-22)16-20-9-5-4-7-18(20)14-21/h2-9H,10-13,15-16H2,1H3. The minimum Gasteiger partial charge on any atom is -0.297 e. The largest absolute Gasteiger partial charge is 0.297 e. The molecule has 0 atom stereocenters. The molecule has 0 bridgehead atoms. The molecule has 2 aromatic carbocycles. The van der Waals surface area contributed by atoms with Crippen LogP contribution in [0.5, 0.6) is 0 Å². The first-order valence-corrected chi connectivity index (χ1v) is 8.23. The van der Waals surface area contributed by atoms with Crippen LogP contribution in [0.1, 0.15) is 22.3 Å². The van der Waals surface area contributed by atoms with Crippen LogP contribution in [-0.4, -0.2) is 36.0 Å². The zero-order valence-corrected chi connectivity index (χ0v) is 13.7. The first kappa shape index (κ1) is 15.7. The van der Waals surface area contributed by atoms with Crippen molar-refractivity contribution >= 4 is 0 Å². The fraction of sp³-hybridized carbons (Fsp3) is 0.350. The molecule has 0 aromatic heterocycles. The van der Waals surface area contributed by atoms with Gasteiger partial charge in [-0.1, -0.05) is 42.5 Å². The number of nitrogens with zero attached hydrogens (tertiary/aromatic N) is 3. The van der Waals surface area contributed by atoms with E-state index in [1.807, 2.05) is 18.2 Å². The first-order valence-electron chi connectivity index (χ1n) is 8.23. The molecule has 0 radical (unpaired) electrons. The number of hydrogen-bond donors (Lipinski definition) is 0. The van der Waals surface area contributed by atoms with Gasteiger partial charge in [-0.3, -0.25) is 9.80 Å². The van der Waals surface area contributed by atoms with Crippen molar-refractivity contribution in [2.75, 3.05) is 26.2 Å². The Hall–Kier alpha value is -2.15. The number of nitriles is 1. The molecule has 0 N–H and O–H groups in total. The molecule has 3 nitrogen and oxygen atoms in total. The molecule has 1 fully saturated rings. The van der Waals surface area contributed by atoms with Crippen molar-refractivity contribution in [2.24, 2.45) is 0 Å². The summed E-state index contributed by atoms with van der Waals surface area (Å²) in [4.78, 5) is 4.97. The lowest BCUT2D eigenvalue weighted by Crippen LogP contribution is -2.45. The molecule has 2 aromatic rings. The molecule has 3 rings (SSSR count). The van der Waals surface area contributed by atoms with Crippen molar-refractivity contribution < 1.29 is 0 Å². The van der Waals surface area contributed by atoms with Crippen molar-refractivity contribution in [3.63, 3.8) is 0 Å². The Morgan fingerprint density at radius 1 is 0.826 bits per heavy atom. The van der Waals surface area contributed by atoms with Crippen LogP contribution in [0.15, 0.2) is 48.5 Å². The summed E-state index contributed by atoms with van der Waals surface area (Å²) in [5.74, 6) is 0. The molecule has 1 aliphatic heterocycles. The van der Waals surface area contributed by atoms with E-state index in [9.17, 15) is 5.26 Å². The summed E-state index contributed by atoms with van der Waals surface area (Å²) in [6, 6.07) is 18.9. The second kappa shape index (κ2) is 7.41. The molecule has 3 heteroatoms. The van der Waals surface area contributed by atoms with Crippen LogP contribution in [-0.2, 0) is 13.1 Å². The van der Waals surface area contributed by atoms with Gasteiger partial charge in [0.2, 0.25) is 0 Å². The highest BCUT2D eigenvalue weighted by atomic mass is 15.3. The van der Waals surface area contributed by atoms with Gasteiger partial charge >= 0.3 is 0 Å². The number of benzene rings is 2. The van der Waals surface area contributed by atoms with E-state index in [0.717, 1.165) is 50.4 Å². The zero-order valence-electron chi connectivity index (χ0n) is 13.7. The van der Waals surface area contributed by atoms with Gasteiger partial charge in [0.25, 0.3) is 0 Å². The Morgan fingerprint density at radius 3 is 1.96 bits per heavy atom. The molecule has 1 saturated heterocycles. The summed E-state index contributed by atoms with van der Waals surface area (Å²) in [6.07, 6.45) is 0. The molecule has 1 aliphatic rings. The Kier molecular flexibility index (Phi) is 5.07. The number of piperazine rings is 1. The lowest BCUT2D eigenvalue weighted by atomic mass is 10.1. The van der Waals surface area contributed by atoms with E-state index in [4.69, 9.17) is 0 Å². The summed E-state index contributed by atoms with van der Waals surface area (Å²) in [5.41, 5.74) is 4.74. The summed E-state index contributed by atoms with van der Waals surface area (Å²) < 4.78 is 0. The first-order chi connectivity index (χ1) is 11.3. The second-order valence-corrected chi connectivity index (χ2v) is 6.25. The lowest BCUT2D eigenvalue weighted by molar-refractivity contribution is 0.122. The Balaban J connectivity index is 1.55. The van der Waals surface area contributed by atoms with E-state index < -0.39 is 0 Å². The van der Waals surface area contributed by atoms with Crippen molar-refractivity contribution in [3.8, 4) is 6.07 Å². The van der Waals surface area contributed by atoms with E-state index in [1.165, 1.54) is 11.1 Å². The predicted octanol–water partition coefficient (Wildman–Crippen LogP) is 3.18. The monoisotopic (exact) mass is 305 g/mol. The quantitative estimate of drug-likeness (QED) is 0.869. The topological polar surface area (TPSA) is 30.3 Å². The van der Waals surface area contributed by atoms with Gasteiger partial charge in [-0.2, -0.15) is 5.26 Å². The van der Waals surface area contributed by atoms with Gasteiger partial charge in [-0.15, -0.1) is 0 Å². The summed E-state index contributed by atoms with van der Waals surface area (Å²) in [5, 5.41) is 9.20. The van der Waals surface area contributed by atoms with Crippen molar-refractivity contribution in [1.29, 1.82) is 5.26 Å². The minimum absolute atomic E-state index is 0.801. The smallest absolute Gasteiger partial charge is 0.0995 e. The average Bonchev–Trinajstić information content (AvgIpc) is 2.59. The van der Waals surface area contributed by atoms with Crippen LogP contribution in [0, 0.1) is 18.3 Å². The third-order valence-electron chi connectivity index (χ3n) is 4.65. The predicted molar refractivity (Wildman–Crippen MR) is 92.9 cm³/mol. The molecular formula is C20H23N3. The van der Waals surface area contributed by atoms with Crippen molar-refractivity contribution in [3.05, 3.63) is 70.8 Å². The van der Waals surface area contributed by atoms with E-state index in [1.54, 1.807) is 0 Å². The van der Waals surface area contributed by atoms with Gasteiger partial charge in [0.05, 0.1) is 11.6 Å². The van der Waals surface area contributed by atoms with E-state index in [2.05, 4.69) is 53.1 Å². The van der Waals surface area contributed by atoms with E-state index in [0.29, 0.717) is 0 Å². The fourth-order valence-corrected chi connectivity index (χ4v) is 3.14. The highest BCUT2D eigenvalue weighted by molar-refractivity contribution is 5.37. The molecule has 0 unspecified atom stereocenters. The van der Waals surface area contributed by atoms with Gasteiger partial charge in [0, 0.05) is 39.3 Å². The molecule has 1 heterocycles. The fourth-order valence-electron chi connectivity index (χ4n) is 3.14. The van der Waals surface area contributed by atoms with E-state index >= 15 is 0 Å². The molecule has 0 amide bonds. The molecule has 0 aliphatic carbocycles. The van der Waals surface area contributed by atoms with Crippen LogP contribution < -0.4 is 0 Å². The van der Waals surface area contributed by atoms with Crippen LogP contribution in [0.3, 0.4) is 0 Å². The highest BCUT2D eigenvalue weighted by Crippen LogP contribution is 2.15. The van der Waals surface area contributed by atoms with Gasteiger partial charge in [0.15, 0.2) is 0 Å². The Morgan fingerprint density at radius 2 is 1.35 bits per heavy atom. The van der Waals surface area contributed by atoms with Gasteiger partial charge in [0.1, 0.15) is 0 Å². The van der Waals surface area contributed by atoms with Crippen molar-refractivity contribution in [2.45, 2.75) is 20.0 Å². The number of rotatable bonds is 4. The molecule has 23 heavy (non-hydrogen) atoms. The van der Waals surface area contributed by atoms with Crippen molar-refractivity contribution in [1.82, 2.24) is 9.80 Å². The lowest BCUT2D eigenvalue weighted by Gasteiger charge is -2.35. The van der Waals surface area contributed by atoms with Crippen LogP contribution in [0.25, 0.3) is 0 Å². The van der Waals surface area contributed by atoms with Gasteiger partial charge < -0.3 is 0 Å². The summed E-state index contributed by atoms with van der Waals surface area (Å²) >= 11 is 0. The molecular weight excluding hydrogens is 282 g/mol. The molecule has 118 valence electrons. The SMILES string of the molecule is Cc1ccccc1CN1CCN(Cc2ccccc2C#N)CC1. The number of aryl methyl sites for hydroxylation is 1.